The number of alkyl halides is 6. The van der Waals surface area contributed by atoms with Gasteiger partial charge in [0, 0.05) is 0 Å². The Balaban J connectivity index is -0.0000000980. The van der Waals surface area contributed by atoms with Crippen molar-refractivity contribution in [1.29, 1.82) is 0 Å². The van der Waals surface area contributed by atoms with E-state index in [2.05, 4.69) is 0 Å². The molecular formula is C3H2Cl3F6KMgO4S2. The molecule has 20 heavy (non-hydrogen) atoms. The minimum atomic E-state index is -6.35. The van der Waals surface area contributed by atoms with Crippen LogP contribution in [0.4, 0.5) is 26.3 Å². The van der Waals surface area contributed by atoms with Gasteiger partial charge in [-0.3, -0.25) is 0 Å². The van der Waals surface area contributed by atoms with Crippen molar-refractivity contribution in [3.8, 4) is 0 Å². The second kappa shape index (κ2) is 12.2. The van der Waals surface area contributed by atoms with Crippen LogP contribution < -0.4 is 88.6 Å². The van der Waals surface area contributed by atoms with Gasteiger partial charge in [0.1, 0.15) is 0 Å². The summed E-state index contributed by atoms with van der Waals surface area (Å²) in [6, 6.07) is 0. The summed E-state index contributed by atoms with van der Waals surface area (Å²) in [6.07, 6.45) is 0. The second-order valence-corrected chi connectivity index (χ2v) is 6.57. The average molecular weight is 450 g/mol. The van der Waals surface area contributed by atoms with Crippen LogP contribution in [0.3, 0.4) is 0 Å². The molecule has 0 atom stereocenters. The molecule has 0 saturated heterocycles. The normalized spacial score (nSPS) is 11.5. The zero-order chi connectivity index (χ0) is 12.7. The molecule has 0 aromatic heterocycles. The van der Waals surface area contributed by atoms with Gasteiger partial charge >= 0.3 is 85.5 Å². The van der Waals surface area contributed by atoms with Gasteiger partial charge in [0.15, 0.2) is 5.08 Å². The van der Waals surface area contributed by atoms with Crippen LogP contribution in [0, 0.1) is 0 Å². The van der Waals surface area contributed by atoms with E-state index < -0.39 is 35.8 Å². The monoisotopic (exact) mass is 448 g/mol. The third-order valence-electron chi connectivity index (χ3n) is 1.02. The predicted molar refractivity (Wildman–Crippen MR) is 40.6 cm³/mol. The van der Waals surface area contributed by atoms with Crippen LogP contribution in [-0.4, -0.2) is 56.0 Å². The Hall–Kier alpha value is 2.75. The smallest absolute Gasteiger partial charge is 1.00 e. The first kappa shape index (κ1) is 38.4. The zero-order valence-electron chi connectivity index (χ0n) is 9.27. The molecule has 0 bridgehead atoms. The number of hydrogen-bond donors (Lipinski definition) is 0. The van der Waals surface area contributed by atoms with Gasteiger partial charge in [-0.15, -0.1) is 0 Å². The van der Waals surface area contributed by atoms with Gasteiger partial charge in [0.05, 0.1) is 0 Å². The maximum absolute atomic E-state index is 11.5. The molecule has 0 aliphatic rings. The maximum Gasteiger partial charge on any atom is 2.00 e. The van der Waals surface area contributed by atoms with E-state index in [0.717, 1.165) is 0 Å². The van der Waals surface area contributed by atoms with Gasteiger partial charge in [0.25, 0.3) is 19.7 Å². The fraction of sp³-hybridized carbons (Fsp3) is 1.00. The minimum Gasteiger partial charge on any atom is -1.00 e. The van der Waals surface area contributed by atoms with Crippen molar-refractivity contribution >= 4 is 42.7 Å². The molecule has 0 heterocycles. The molecule has 0 aliphatic heterocycles. The van der Waals surface area contributed by atoms with Gasteiger partial charge in [-0.25, -0.2) is 16.8 Å². The van der Waals surface area contributed by atoms with E-state index in [1.807, 2.05) is 0 Å². The molecule has 0 radical (unpaired) electrons. The van der Waals surface area contributed by atoms with E-state index in [-0.39, 0.29) is 112 Å². The Morgan fingerprint density at radius 3 is 0.900 bits per heavy atom. The Morgan fingerprint density at radius 1 is 0.650 bits per heavy atom. The molecule has 0 amide bonds. The molecule has 0 N–H and O–H groups in total. The first-order chi connectivity index (χ1) is 6.21. The van der Waals surface area contributed by atoms with Crippen LogP contribution in [-0.2, 0) is 19.7 Å². The van der Waals surface area contributed by atoms with E-state index in [1.54, 1.807) is 0 Å². The molecule has 0 aliphatic carbocycles. The summed E-state index contributed by atoms with van der Waals surface area (Å²) in [5, 5.41) is -3.03. The van der Waals surface area contributed by atoms with Crippen molar-refractivity contribution < 1.29 is 132 Å². The van der Waals surface area contributed by atoms with E-state index in [9.17, 15) is 43.2 Å². The van der Waals surface area contributed by atoms with E-state index >= 15 is 0 Å². The van der Waals surface area contributed by atoms with Gasteiger partial charge in [-0.1, -0.05) is 0 Å². The van der Waals surface area contributed by atoms with E-state index in [0.29, 0.717) is 0 Å². The van der Waals surface area contributed by atoms with Gasteiger partial charge in [-0.2, -0.15) is 26.3 Å². The summed E-state index contributed by atoms with van der Waals surface area (Å²) in [4.78, 5) is 0. The summed E-state index contributed by atoms with van der Waals surface area (Å²) in [5.74, 6) is 0. The Bertz CT molecular complexity index is 405. The molecule has 4 nitrogen and oxygen atoms in total. The van der Waals surface area contributed by atoms with Gasteiger partial charge < -0.3 is 37.2 Å². The predicted octanol–water partition coefficient (Wildman–Crippen LogP) is -11.6. The Labute approximate surface area is 187 Å². The van der Waals surface area contributed by atoms with Crippen molar-refractivity contribution in [2.75, 3.05) is 5.08 Å². The summed E-state index contributed by atoms with van der Waals surface area (Å²) in [6.45, 7) is 0. The molecular weight excluding hydrogens is 448 g/mol. The van der Waals surface area contributed by atoms with Crippen molar-refractivity contribution in [1.82, 2.24) is 0 Å². The van der Waals surface area contributed by atoms with Crippen molar-refractivity contribution in [2.45, 2.75) is 11.0 Å². The number of hydrogen-bond acceptors (Lipinski definition) is 4. The number of sulfone groups is 2. The topological polar surface area (TPSA) is 68.3 Å². The molecule has 0 spiro atoms. The van der Waals surface area contributed by atoms with Crippen LogP contribution in [0.5, 0.6) is 0 Å². The van der Waals surface area contributed by atoms with Crippen LogP contribution in [0.15, 0.2) is 0 Å². The van der Waals surface area contributed by atoms with Gasteiger partial charge in [0.2, 0.25) is 0 Å². The van der Waals surface area contributed by atoms with Crippen molar-refractivity contribution in [3.63, 3.8) is 0 Å². The third-order valence-corrected chi connectivity index (χ3v) is 4.91. The standard InChI is InChI=1S/C3H2F6O4S2.3ClH.K.Mg/c4-2(5,6)14(10,11)1-15(12,13)3(7,8)9;;;;;/h1H2;3*1H;;/q;;;;+1;+2/p-3. The maximum atomic E-state index is 11.5. The molecule has 0 fully saturated rings. The van der Waals surface area contributed by atoms with Crippen LogP contribution in [0.2, 0.25) is 0 Å². The van der Waals surface area contributed by atoms with Crippen LogP contribution >= 0.6 is 0 Å². The van der Waals surface area contributed by atoms with Crippen molar-refractivity contribution in [3.05, 3.63) is 0 Å². The minimum absolute atomic E-state index is 0. The molecule has 0 unspecified atom stereocenters. The molecule has 0 aromatic carbocycles. The summed E-state index contributed by atoms with van der Waals surface area (Å²) in [7, 11) is -12.7. The van der Waals surface area contributed by atoms with E-state index in [1.165, 1.54) is 0 Å². The molecule has 0 saturated carbocycles. The van der Waals surface area contributed by atoms with E-state index in [4.69, 9.17) is 0 Å². The second-order valence-electron chi connectivity index (χ2n) is 2.24. The number of halogens is 9. The fourth-order valence-electron chi connectivity index (χ4n) is 0.338. The first-order valence-electron chi connectivity index (χ1n) is 2.79. The first-order valence-corrected chi connectivity index (χ1v) is 6.09. The van der Waals surface area contributed by atoms with Crippen LogP contribution in [0.25, 0.3) is 0 Å². The summed E-state index contributed by atoms with van der Waals surface area (Å²) in [5.41, 5.74) is -12.1. The zero-order valence-corrected chi connectivity index (χ0v) is 17.7. The fourth-order valence-corrected chi connectivity index (χ4v) is 3.04. The largest absolute Gasteiger partial charge is 2.00 e. The van der Waals surface area contributed by atoms with Crippen molar-refractivity contribution in [2.24, 2.45) is 0 Å². The quantitative estimate of drug-likeness (QED) is 0.310. The van der Waals surface area contributed by atoms with Gasteiger partial charge in [-0.05, 0) is 0 Å². The Kier molecular flexibility index (Phi) is 23.3. The SMILES string of the molecule is O=S(=O)(CS(=O)(=O)C(F)(F)F)C(F)(F)F.[Cl-].[Cl-].[Cl-].[K+].[Mg+2]. The molecule has 17 heteroatoms. The average Bonchev–Trinajstić information content (AvgIpc) is 1.77. The molecule has 0 aromatic rings. The molecule has 0 rings (SSSR count). The summed E-state index contributed by atoms with van der Waals surface area (Å²) < 4.78 is 110. The third kappa shape index (κ3) is 11.3. The van der Waals surface area contributed by atoms with Crippen LogP contribution in [0.1, 0.15) is 0 Å². The Morgan fingerprint density at radius 2 is 0.800 bits per heavy atom. The number of rotatable bonds is 2. The summed E-state index contributed by atoms with van der Waals surface area (Å²) >= 11 is 0. The molecule has 116 valence electrons.